The average molecular weight is 558 g/mol. The Bertz CT molecular complexity index is 1410. The van der Waals surface area contributed by atoms with Crippen LogP contribution < -0.4 is 0 Å². The largest absolute Gasteiger partial charge is 0.379 e. The van der Waals surface area contributed by atoms with E-state index in [-0.39, 0.29) is 23.1 Å². The Hall–Kier alpha value is -2.41. The monoisotopic (exact) mass is 557 g/mol. The number of morpholine rings is 2. The molecule has 2 aliphatic rings. The third-order valence-electron chi connectivity index (χ3n) is 7.07. The predicted molar refractivity (Wildman–Crippen MR) is 148 cm³/mol. The maximum atomic E-state index is 13.4. The summed E-state index contributed by atoms with van der Waals surface area (Å²) in [5.41, 5.74) is 1.80. The maximum absolute atomic E-state index is 13.4. The van der Waals surface area contributed by atoms with Crippen LogP contribution in [0.2, 0.25) is 0 Å². The van der Waals surface area contributed by atoms with Crippen LogP contribution in [0.5, 0.6) is 0 Å². The Kier molecular flexibility index (Phi) is 8.13. The summed E-state index contributed by atoms with van der Waals surface area (Å²) in [5.74, 6) is 0.639. The van der Waals surface area contributed by atoms with Gasteiger partial charge < -0.3 is 9.47 Å². The first-order chi connectivity index (χ1) is 18.2. The van der Waals surface area contributed by atoms with Gasteiger partial charge in [-0.05, 0) is 50.7 Å². The van der Waals surface area contributed by atoms with Crippen molar-refractivity contribution in [1.29, 1.82) is 0 Å². The van der Waals surface area contributed by atoms with Crippen molar-refractivity contribution in [3.05, 3.63) is 64.9 Å². The number of nitrogens with zero attached hydrogens (tertiary/aromatic N) is 5. The van der Waals surface area contributed by atoms with E-state index in [1.807, 2.05) is 33.5 Å². The number of benzene rings is 2. The fourth-order valence-electron chi connectivity index (χ4n) is 5.26. The van der Waals surface area contributed by atoms with Crippen LogP contribution in [0.15, 0.2) is 59.5 Å². The lowest BCUT2D eigenvalue weighted by molar-refractivity contribution is -0.0777. The molecular weight excluding hydrogens is 522 g/mol. The maximum Gasteiger partial charge on any atom is 0.243 e. The van der Waals surface area contributed by atoms with Gasteiger partial charge in [0.2, 0.25) is 10.0 Å². The summed E-state index contributed by atoms with van der Waals surface area (Å²) >= 11 is 5.99. The van der Waals surface area contributed by atoms with E-state index in [1.165, 1.54) is 4.31 Å². The number of hydrogen-bond acceptors (Lipinski definition) is 7. The van der Waals surface area contributed by atoms with Crippen LogP contribution in [0.1, 0.15) is 32.4 Å². The van der Waals surface area contributed by atoms with Crippen LogP contribution in [-0.4, -0.2) is 83.6 Å². The van der Waals surface area contributed by atoms with E-state index in [1.54, 1.807) is 18.2 Å². The molecule has 1 aromatic heterocycles. The van der Waals surface area contributed by atoms with Gasteiger partial charge in [-0.25, -0.2) is 13.1 Å². The summed E-state index contributed by atoms with van der Waals surface area (Å²) in [4.78, 5) is 2.54. The van der Waals surface area contributed by atoms with Gasteiger partial charge in [-0.1, -0.05) is 42.5 Å². The summed E-state index contributed by atoms with van der Waals surface area (Å²) in [6, 6.07) is 17.0. The van der Waals surface area contributed by atoms with E-state index >= 15 is 0 Å². The van der Waals surface area contributed by atoms with Crippen LogP contribution in [-0.2, 0) is 26.2 Å². The molecule has 11 heteroatoms. The van der Waals surface area contributed by atoms with Gasteiger partial charge in [-0.15, -0.1) is 0 Å². The SMILES string of the molecule is CC1CN(Cn2nc(-c3cccc(S(=O)(=O)N4CCOCC4)c3)n(C(C)c3ccccc3)c2=S)CC(C)O1. The quantitative estimate of drug-likeness (QED) is 0.409. The minimum Gasteiger partial charge on any atom is -0.379 e. The van der Waals surface area contributed by atoms with Gasteiger partial charge in [0.1, 0.15) is 0 Å². The highest BCUT2D eigenvalue weighted by Gasteiger charge is 2.28. The zero-order chi connectivity index (χ0) is 26.9. The summed E-state index contributed by atoms with van der Waals surface area (Å²) in [7, 11) is -3.65. The van der Waals surface area contributed by atoms with Crippen LogP contribution in [0.3, 0.4) is 0 Å². The van der Waals surface area contributed by atoms with Crippen molar-refractivity contribution in [3.63, 3.8) is 0 Å². The molecule has 204 valence electrons. The van der Waals surface area contributed by atoms with E-state index in [4.69, 9.17) is 26.8 Å². The number of rotatable bonds is 7. The molecule has 9 nitrogen and oxygen atoms in total. The molecule has 3 unspecified atom stereocenters. The Morgan fingerprint density at radius 1 is 1.03 bits per heavy atom. The molecule has 0 saturated carbocycles. The van der Waals surface area contributed by atoms with Crippen molar-refractivity contribution in [2.45, 2.75) is 50.6 Å². The first-order valence-corrected chi connectivity index (χ1v) is 14.9. The molecule has 3 aromatic rings. The number of aromatic nitrogens is 3. The van der Waals surface area contributed by atoms with Gasteiger partial charge in [0.25, 0.3) is 0 Å². The molecule has 0 aliphatic carbocycles. The minimum absolute atomic E-state index is 0.102. The van der Waals surface area contributed by atoms with Crippen LogP contribution in [0.25, 0.3) is 11.4 Å². The van der Waals surface area contributed by atoms with Crippen molar-refractivity contribution in [2.75, 3.05) is 39.4 Å². The molecule has 0 bridgehead atoms. The second-order valence-corrected chi connectivity index (χ2v) is 12.3. The first-order valence-electron chi connectivity index (χ1n) is 13.0. The molecule has 5 rings (SSSR count). The number of sulfonamides is 1. The lowest BCUT2D eigenvalue weighted by atomic mass is 10.1. The van der Waals surface area contributed by atoms with Crippen LogP contribution in [0, 0.1) is 4.77 Å². The fraction of sp³-hybridized carbons (Fsp3) is 0.481. The normalized spacial score (nSPS) is 22.4. The molecule has 2 saturated heterocycles. The van der Waals surface area contributed by atoms with Crippen molar-refractivity contribution < 1.29 is 17.9 Å². The predicted octanol–water partition coefficient (Wildman–Crippen LogP) is 3.78. The van der Waals surface area contributed by atoms with E-state index < -0.39 is 10.0 Å². The van der Waals surface area contributed by atoms with E-state index in [2.05, 4.69) is 37.8 Å². The van der Waals surface area contributed by atoms with Crippen molar-refractivity contribution in [1.82, 2.24) is 23.6 Å². The Labute approximate surface area is 229 Å². The number of hydrogen-bond donors (Lipinski definition) is 0. The van der Waals surface area contributed by atoms with Gasteiger partial charge in [0, 0.05) is 31.7 Å². The van der Waals surface area contributed by atoms with Crippen LogP contribution >= 0.6 is 12.2 Å². The van der Waals surface area contributed by atoms with Gasteiger partial charge >= 0.3 is 0 Å². The molecule has 0 amide bonds. The van der Waals surface area contributed by atoms with Gasteiger partial charge in [0.15, 0.2) is 10.6 Å². The van der Waals surface area contributed by atoms with Gasteiger partial charge in [0.05, 0.1) is 43.0 Å². The molecular formula is C27H35N5O4S2. The molecule has 3 atom stereocenters. The lowest BCUT2D eigenvalue weighted by Gasteiger charge is -2.34. The standard InChI is InChI=1S/C27H35N5O4S2/c1-20-17-29(18-21(2)36-20)19-31-27(37)32(22(3)23-8-5-4-6-9-23)26(28-31)24-10-7-11-25(16-24)38(33,34)30-12-14-35-15-13-30/h4-11,16,20-22H,12-15,17-19H2,1-3H3. The van der Waals surface area contributed by atoms with Crippen molar-refractivity contribution >= 4 is 22.2 Å². The topological polar surface area (TPSA) is 81.8 Å². The Balaban J connectivity index is 1.56. The second-order valence-electron chi connectivity index (χ2n) is 10.0. The zero-order valence-electron chi connectivity index (χ0n) is 22.1. The van der Waals surface area contributed by atoms with Crippen molar-refractivity contribution in [2.24, 2.45) is 0 Å². The Morgan fingerprint density at radius 2 is 1.71 bits per heavy atom. The minimum atomic E-state index is -3.65. The molecule has 38 heavy (non-hydrogen) atoms. The summed E-state index contributed by atoms with van der Waals surface area (Å²) < 4.78 is 44.0. The van der Waals surface area contributed by atoms with Gasteiger partial charge in [-0.3, -0.25) is 9.47 Å². The first kappa shape index (κ1) is 27.2. The van der Waals surface area contributed by atoms with Crippen molar-refractivity contribution in [3.8, 4) is 11.4 Å². The van der Waals surface area contributed by atoms with E-state index in [9.17, 15) is 8.42 Å². The van der Waals surface area contributed by atoms with Gasteiger partial charge in [-0.2, -0.15) is 9.40 Å². The summed E-state index contributed by atoms with van der Waals surface area (Å²) in [6.45, 7) is 9.83. The molecule has 0 radical (unpaired) electrons. The fourth-order valence-corrected chi connectivity index (χ4v) is 7.06. The molecule has 2 fully saturated rings. The average Bonchev–Trinajstić information content (AvgIpc) is 3.24. The molecule has 2 aromatic carbocycles. The van der Waals surface area contributed by atoms with E-state index in [0.29, 0.717) is 49.1 Å². The zero-order valence-corrected chi connectivity index (χ0v) is 23.7. The van der Waals surface area contributed by atoms with Crippen LogP contribution in [0.4, 0.5) is 0 Å². The highest BCUT2D eigenvalue weighted by molar-refractivity contribution is 7.89. The highest BCUT2D eigenvalue weighted by Crippen LogP contribution is 2.29. The second kappa shape index (κ2) is 11.4. The summed E-state index contributed by atoms with van der Waals surface area (Å²) in [6.07, 6.45) is 0.250. The molecule has 2 aliphatic heterocycles. The smallest absolute Gasteiger partial charge is 0.243 e. The number of ether oxygens (including phenoxy) is 2. The van der Waals surface area contributed by atoms with E-state index in [0.717, 1.165) is 18.7 Å². The molecule has 3 heterocycles. The lowest BCUT2D eigenvalue weighted by Crippen LogP contribution is -2.46. The molecule has 0 N–H and O–H groups in total. The Morgan fingerprint density at radius 3 is 2.39 bits per heavy atom. The third-order valence-corrected chi connectivity index (χ3v) is 9.37. The third kappa shape index (κ3) is 5.63. The molecule has 0 spiro atoms. The highest BCUT2D eigenvalue weighted by atomic mass is 32.2. The summed E-state index contributed by atoms with van der Waals surface area (Å²) in [5, 5.41) is 4.97.